The second kappa shape index (κ2) is 11.0. The number of anilines is 1. The van der Waals surface area contributed by atoms with Gasteiger partial charge in [-0.1, -0.05) is 19.8 Å². The van der Waals surface area contributed by atoms with Crippen molar-refractivity contribution in [1.29, 1.82) is 0 Å². The first kappa shape index (κ1) is 26.8. The zero-order valence-electron chi connectivity index (χ0n) is 21.5. The number of thioether (sulfide) groups is 1. The summed E-state index contributed by atoms with van der Waals surface area (Å²) in [5.74, 6) is -0.567. The Morgan fingerprint density at radius 2 is 1.86 bits per heavy atom. The van der Waals surface area contributed by atoms with E-state index < -0.39 is 22.6 Å². The largest absolute Gasteiger partial charge is 0.497 e. The second-order valence-corrected chi connectivity index (χ2v) is 12.3. The number of fused-ring (bicyclic) bond motifs is 1. The molecule has 3 heterocycles. The molecule has 1 spiro atoms. The summed E-state index contributed by atoms with van der Waals surface area (Å²) in [5, 5.41) is 15.2. The van der Waals surface area contributed by atoms with E-state index in [9.17, 15) is 14.4 Å². The lowest BCUT2D eigenvalue weighted by atomic mass is 9.66. The van der Waals surface area contributed by atoms with Gasteiger partial charge in [-0.2, -0.15) is 0 Å². The van der Waals surface area contributed by atoms with Gasteiger partial charge in [0.25, 0.3) is 0 Å². The van der Waals surface area contributed by atoms with Crippen molar-refractivity contribution in [2.75, 3.05) is 32.1 Å². The van der Waals surface area contributed by atoms with Gasteiger partial charge in [0.05, 0.1) is 23.7 Å². The fraction of sp³-hybridized carbons (Fsp3) is 0.667. The second-order valence-electron chi connectivity index (χ2n) is 10.4. The third-order valence-corrected chi connectivity index (χ3v) is 10.0. The summed E-state index contributed by atoms with van der Waals surface area (Å²) in [4.78, 5) is 42.9. The van der Waals surface area contributed by atoms with Crippen LogP contribution in [-0.2, 0) is 14.4 Å². The molecule has 3 fully saturated rings. The van der Waals surface area contributed by atoms with Crippen molar-refractivity contribution < 1.29 is 24.2 Å². The van der Waals surface area contributed by atoms with Crippen LogP contribution < -0.4 is 15.4 Å². The lowest BCUT2D eigenvalue weighted by Gasteiger charge is -2.34. The summed E-state index contributed by atoms with van der Waals surface area (Å²) in [6, 6.07) is 6.54. The highest BCUT2D eigenvalue weighted by Gasteiger charge is 2.76. The van der Waals surface area contributed by atoms with Crippen molar-refractivity contribution in [1.82, 2.24) is 10.2 Å². The van der Waals surface area contributed by atoms with Crippen LogP contribution in [0.1, 0.15) is 58.8 Å². The number of methoxy groups -OCH3 is 1. The van der Waals surface area contributed by atoms with Crippen molar-refractivity contribution in [2.45, 2.75) is 74.3 Å². The first-order chi connectivity index (χ1) is 17.3. The molecule has 1 aromatic carbocycles. The van der Waals surface area contributed by atoms with E-state index in [0.717, 1.165) is 44.9 Å². The summed E-state index contributed by atoms with van der Waals surface area (Å²) in [6.07, 6.45) is 5.63. The average molecular weight is 518 g/mol. The Kier molecular flexibility index (Phi) is 8.19. The summed E-state index contributed by atoms with van der Waals surface area (Å²) >= 11 is 1.69. The van der Waals surface area contributed by atoms with Crippen molar-refractivity contribution in [3.63, 3.8) is 0 Å². The number of nitrogens with one attached hydrogen (secondary N) is 2. The highest BCUT2D eigenvalue weighted by molar-refractivity contribution is 8.02. The third kappa shape index (κ3) is 4.72. The van der Waals surface area contributed by atoms with Crippen molar-refractivity contribution in [2.24, 2.45) is 11.8 Å². The molecule has 3 saturated heterocycles. The molecule has 3 N–H and O–H groups in total. The first-order valence-electron chi connectivity index (χ1n) is 13.2. The minimum absolute atomic E-state index is 0.0640. The third-order valence-electron chi connectivity index (χ3n) is 8.02. The SMILES string of the molecule is CCCNC(=O)[C@H]1[C@H]2C(=O)N(CCCCCCO)C(C(=O)Nc3ccc(OC)cc3)C23CC[C@]1(C)S3. The van der Waals surface area contributed by atoms with Gasteiger partial charge in [-0.15, -0.1) is 11.8 Å². The molecule has 0 aromatic heterocycles. The normalized spacial score (nSPS) is 30.4. The number of nitrogens with zero attached hydrogens (tertiary/aromatic N) is 1. The smallest absolute Gasteiger partial charge is 0.248 e. The van der Waals surface area contributed by atoms with E-state index in [0.29, 0.717) is 24.5 Å². The van der Waals surface area contributed by atoms with Crippen LogP contribution in [0.4, 0.5) is 5.69 Å². The highest BCUT2D eigenvalue weighted by Crippen LogP contribution is 2.71. The molecule has 1 aromatic rings. The van der Waals surface area contributed by atoms with E-state index in [1.54, 1.807) is 48.0 Å². The number of hydrogen-bond acceptors (Lipinski definition) is 6. The van der Waals surface area contributed by atoms with E-state index in [4.69, 9.17) is 9.84 Å². The van der Waals surface area contributed by atoms with Gasteiger partial charge in [0.2, 0.25) is 17.7 Å². The molecule has 36 heavy (non-hydrogen) atoms. The fourth-order valence-electron chi connectivity index (χ4n) is 6.36. The van der Waals surface area contributed by atoms with Gasteiger partial charge < -0.3 is 25.4 Å². The van der Waals surface area contributed by atoms with Gasteiger partial charge in [0, 0.05) is 30.1 Å². The summed E-state index contributed by atoms with van der Waals surface area (Å²) in [5.41, 5.74) is 0.650. The number of amides is 3. The van der Waals surface area contributed by atoms with Crippen LogP contribution in [0, 0.1) is 11.8 Å². The monoisotopic (exact) mass is 517 g/mol. The Bertz CT molecular complexity index is 973. The maximum Gasteiger partial charge on any atom is 0.248 e. The molecule has 2 unspecified atom stereocenters. The maximum atomic E-state index is 14.0. The molecular formula is C27H39N3O5S. The standard InChI is InChI=1S/C27H39N3O5S/c1-4-15-28-23(32)20-21-25(34)30(16-7-5-6-8-17-31)22(27(21)14-13-26(20,2)36-27)24(33)29-18-9-11-19(35-3)12-10-18/h9-12,20-22,31H,4-8,13-17H2,1-3H3,(H,28,32)(H,29,33)/t20-,21+,22?,26+,27?/m1/s1. The topological polar surface area (TPSA) is 108 Å². The Balaban J connectivity index is 1.62. The van der Waals surface area contributed by atoms with Crippen LogP contribution in [-0.4, -0.2) is 70.1 Å². The quantitative estimate of drug-likeness (QED) is 0.368. The average Bonchev–Trinajstić information content (AvgIpc) is 3.43. The molecule has 0 radical (unpaired) electrons. The molecule has 0 saturated carbocycles. The molecular weight excluding hydrogens is 478 g/mol. The lowest BCUT2D eigenvalue weighted by molar-refractivity contribution is -0.140. The molecule has 9 heteroatoms. The fourth-order valence-corrected chi connectivity index (χ4v) is 8.71. The van der Waals surface area contributed by atoms with Gasteiger partial charge in [-0.3, -0.25) is 14.4 Å². The number of benzene rings is 1. The number of carbonyl (C=O) groups excluding carboxylic acids is 3. The lowest BCUT2D eigenvalue weighted by Crippen LogP contribution is -2.52. The first-order valence-corrected chi connectivity index (χ1v) is 14.0. The van der Waals surface area contributed by atoms with Crippen LogP contribution in [0.5, 0.6) is 5.75 Å². The molecule has 4 rings (SSSR count). The highest BCUT2D eigenvalue weighted by atomic mass is 32.2. The van der Waals surface area contributed by atoms with E-state index in [-0.39, 0.29) is 29.1 Å². The number of rotatable bonds is 12. The molecule has 0 aliphatic carbocycles. The van der Waals surface area contributed by atoms with Crippen LogP contribution in [0.15, 0.2) is 24.3 Å². The number of carbonyl (C=O) groups is 3. The molecule has 5 atom stereocenters. The van der Waals surface area contributed by atoms with Crippen LogP contribution in [0.25, 0.3) is 0 Å². The van der Waals surface area contributed by atoms with E-state index in [2.05, 4.69) is 17.6 Å². The predicted molar refractivity (Wildman–Crippen MR) is 141 cm³/mol. The zero-order valence-corrected chi connectivity index (χ0v) is 22.4. The van der Waals surface area contributed by atoms with Crippen LogP contribution in [0.2, 0.25) is 0 Å². The van der Waals surface area contributed by atoms with Gasteiger partial charge in [-0.05, 0) is 63.3 Å². The minimum Gasteiger partial charge on any atom is -0.497 e. The Morgan fingerprint density at radius 3 is 2.53 bits per heavy atom. The number of aliphatic hydroxyl groups excluding tert-OH is 1. The van der Waals surface area contributed by atoms with Crippen LogP contribution >= 0.6 is 11.8 Å². The number of ether oxygens (including phenoxy) is 1. The summed E-state index contributed by atoms with van der Waals surface area (Å²) < 4.78 is 4.26. The molecule has 3 aliphatic heterocycles. The molecule has 8 nitrogen and oxygen atoms in total. The van der Waals surface area contributed by atoms with E-state index in [1.165, 1.54) is 0 Å². The Morgan fingerprint density at radius 1 is 1.14 bits per heavy atom. The van der Waals surface area contributed by atoms with Crippen molar-refractivity contribution >= 4 is 35.2 Å². The van der Waals surface area contributed by atoms with Gasteiger partial charge in [0.15, 0.2) is 0 Å². The molecule has 198 valence electrons. The van der Waals surface area contributed by atoms with Crippen molar-refractivity contribution in [3.8, 4) is 5.75 Å². The van der Waals surface area contributed by atoms with E-state index >= 15 is 0 Å². The predicted octanol–water partition coefficient (Wildman–Crippen LogP) is 3.19. The number of aliphatic hydroxyl groups is 1. The summed E-state index contributed by atoms with van der Waals surface area (Å²) in [6.45, 7) is 5.32. The number of likely N-dealkylation sites (tertiary alicyclic amines) is 1. The van der Waals surface area contributed by atoms with Gasteiger partial charge in [-0.25, -0.2) is 0 Å². The molecule has 3 aliphatic rings. The Labute approximate surface area is 217 Å². The molecule has 2 bridgehead atoms. The van der Waals surface area contributed by atoms with Gasteiger partial charge >= 0.3 is 0 Å². The zero-order chi connectivity index (χ0) is 25.9. The summed E-state index contributed by atoms with van der Waals surface area (Å²) in [7, 11) is 1.59. The maximum absolute atomic E-state index is 14.0. The van der Waals surface area contributed by atoms with Crippen molar-refractivity contribution in [3.05, 3.63) is 24.3 Å². The van der Waals surface area contributed by atoms with Gasteiger partial charge in [0.1, 0.15) is 11.8 Å². The minimum atomic E-state index is -0.634. The number of unbranched alkanes of at least 4 members (excludes halogenated alkanes) is 3. The molecule has 3 amide bonds. The Hall–Kier alpha value is -2.26. The number of hydrogen-bond donors (Lipinski definition) is 3. The van der Waals surface area contributed by atoms with E-state index in [1.807, 2.05) is 6.92 Å². The van der Waals surface area contributed by atoms with Crippen LogP contribution in [0.3, 0.4) is 0 Å².